The second kappa shape index (κ2) is 11.5. The number of nitrogens with one attached hydrogen (secondary N) is 1. The number of hydrogen-bond acceptors (Lipinski definition) is 5. The molecule has 0 radical (unpaired) electrons. The lowest BCUT2D eigenvalue weighted by atomic mass is 10.1. The minimum absolute atomic E-state index is 0.540. The smallest absolute Gasteiger partial charge is 0.123 e. The SMILES string of the molecule is CNCc1cc(C)ccc1OCCOCCOCCOC. The molecule has 1 aromatic carbocycles. The van der Waals surface area contributed by atoms with Gasteiger partial charge < -0.3 is 24.3 Å². The average molecular weight is 297 g/mol. The third-order valence-corrected chi connectivity index (χ3v) is 2.87. The largest absolute Gasteiger partial charge is 0.491 e. The topological polar surface area (TPSA) is 49.0 Å². The molecule has 0 aliphatic carbocycles. The predicted octanol–water partition coefficient (Wildman–Crippen LogP) is 1.77. The number of methoxy groups -OCH3 is 1. The molecule has 0 saturated carbocycles. The van der Waals surface area contributed by atoms with Gasteiger partial charge in [-0.1, -0.05) is 17.7 Å². The van der Waals surface area contributed by atoms with Crippen LogP contribution in [0.25, 0.3) is 0 Å². The van der Waals surface area contributed by atoms with Crippen molar-refractivity contribution in [2.45, 2.75) is 13.5 Å². The van der Waals surface area contributed by atoms with Gasteiger partial charge in [0.2, 0.25) is 0 Å². The Balaban J connectivity index is 2.15. The molecule has 0 atom stereocenters. The van der Waals surface area contributed by atoms with Gasteiger partial charge in [0.1, 0.15) is 12.4 Å². The van der Waals surface area contributed by atoms with Crippen LogP contribution in [0, 0.1) is 6.92 Å². The first-order valence-electron chi connectivity index (χ1n) is 7.29. The highest BCUT2D eigenvalue weighted by atomic mass is 16.6. The Morgan fingerprint density at radius 3 is 2.29 bits per heavy atom. The van der Waals surface area contributed by atoms with Crippen molar-refractivity contribution in [1.82, 2.24) is 5.32 Å². The fourth-order valence-corrected chi connectivity index (χ4v) is 1.85. The van der Waals surface area contributed by atoms with E-state index < -0.39 is 0 Å². The van der Waals surface area contributed by atoms with E-state index in [-0.39, 0.29) is 0 Å². The molecule has 0 bridgehead atoms. The molecule has 120 valence electrons. The minimum Gasteiger partial charge on any atom is -0.491 e. The van der Waals surface area contributed by atoms with Crippen molar-refractivity contribution < 1.29 is 18.9 Å². The van der Waals surface area contributed by atoms with E-state index in [9.17, 15) is 0 Å². The lowest BCUT2D eigenvalue weighted by Crippen LogP contribution is -2.13. The average Bonchev–Trinajstić information content (AvgIpc) is 2.48. The Hall–Kier alpha value is -1.14. The van der Waals surface area contributed by atoms with Crippen molar-refractivity contribution in [2.24, 2.45) is 0 Å². The zero-order valence-corrected chi connectivity index (χ0v) is 13.3. The lowest BCUT2D eigenvalue weighted by Gasteiger charge is -2.12. The molecule has 1 rings (SSSR count). The third-order valence-electron chi connectivity index (χ3n) is 2.87. The maximum absolute atomic E-state index is 5.76. The Morgan fingerprint density at radius 1 is 0.952 bits per heavy atom. The lowest BCUT2D eigenvalue weighted by molar-refractivity contribution is 0.0179. The molecular formula is C16H27NO4. The number of aryl methyl sites for hydroxylation is 1. The van der Waals surface area contributed by atoms with Crippen LogP contribution in [-0.4, -0.2) is 53.8 Å². The third kappa shape index (κ3) is 8.02. The predicted molar refractivity (Wildman–Crippen MR) is 83.0 cm³/mol. The van der Waals surface area contributed by atoms with Crippen molar-refractivity contribution in [3.63, 3.8) is 0 Å². The molecule has 0 amide bonds. The number of benzene rings is 1. The monoisotopic (exact) mass is 297 g/mol. The van der Waals surface area contributed by atoms with E-state index in [0.717, 1.165) is 12.3 Å². The van der Waals surface area contributed by atoms with Crippen molar-refractivity contribution >= 4 is 0 Å². The van der Waals surface area contributed by atoms with E-state index in [1.165, 1.54) is 11.1 Å². The van der Waals surface area contributed by atoms with Gasteiger partial charge >= 0.3 is 0 Å². The summed E-state index contributed by atoms with van der Waals surface area (Å²) in [4.78, 5) is 0. The first kappa shape index (κ1) is 17.9. The quantitative estimate of drug-likeness (QED) is 0.596. The summed E-state index contributed by atoms with van der Waals surface area (Å²) in [6.45, 7) is 6.35. The van der Waals surface area contributed by atoms with Crippen LogP contribution in [0.3, 0.4) is 0 Å². The summed E-state index contributed by atoms with van der Waals surface area (Å²) in [5.41, 5.74) is 2.40. The van der Waals surface area contributed by atoms with E-state index in [4.69, 9.17) is 18.9 Å². The van der Waals surface area contributed by atoms with E-state index in [2.05, 4.69) is 24.4 Å². The molecule has 1 aromatic rings. The van der Waals surface area contributed by atoms with Gasteiger partial charge in [0.05, 0.1) is 33.0 Å². The van der Waals surface area contributed by atoms with Gasteiger partial charge in [0.25, 0.3) is 0 Å². The van der Waals surface area contributed by atoms with Crippen LogP contribution in [0.15, 0.2) is 18.2 Å². The van der Waals surface area contributed by atoms with Gasteiger partial charge in [-0.15, -0.1) is 0 Å². The van der Waals surface area contributed by atoms with Crippen LogP contribution in [0.4, 0.5) is 0 Å². The van der Waals surface area contributed by atoms with Crippen LogP contribution in [0.5, 0.6) is 5.75 Å². The van der Waals surface area contributed by atoms with Crippen LogP contribution in [0.1, 0.15) is 11.1 Å². The molecule has 21 heavy (non-hydrogen) atoms. The number of ether oxygens (including phenoxy) is 4. The summed E-state index contributed by atoms with van der Waals surface area (Å²) < 4.78 is 21.4. The Morgan fingerprint density at radius 2 is 1.62 bits per heavy atom. The van der Waals surface area contributed by atoms with E-state index >= 15 is 0 Å². The molecule has 0 aliphatic rings. The van der Waals surface area contributed by atoms with Gasteiger partial charge in [0.15, 0.2) is 0 Å². The summed E-state index contributed by atoms with van der Waals surface area (Å²) in [6.07, 6.45) is 0. The highest BCUT2D eigenvalue weighted by Crippen LogP contribution is 2.19. The first-order chi connectivity index (χ1) is 10.3. The van der Waals surface area contributed by atoms with Gasteiger partial charge in [-0.05, 0) is 20.0 Å². The van der Waals surface area contributed by atoms with Crippen LogP contribution in [-0.2, 0) is 20.8 Å². The van der Waals surface area contributed by atoms with Gasteiger partial charge in [-0.2, -0.15) is 0 Å². The van der Waals surface area contributed by atoms with E-state index in [1.807, 2.05) is 13.1 Å². The number of hydrogen-bond donors (Lipinski definition) is 1. The molecule has 5 nitrogen and oxygen atoms in total. The Bertz CT molecular complexity index is 385. The second-order valence-electron chi connectivity index (χ2n) is 4.71. The molecule has 0 unspecified atom stereocenters. The summed E-state index contributed by atoms with van der Waals surface area (Å²) in [5, 5.41) is 3.15. The highest BCUT2D eigenvalue weighted by Gasteiger charge is 2.03. The molecule has 0 fully saturated rings. The van der Waals surface area contributed by atoms with Crippen LogP contribution in [0.2, 0.25) is 0 Å². The Labute approximate surface area is 127 Å². The molecular weight excluding hydrogens is 270 g/mol. The van der Waals surface area contributed by atoms with Crippen molar-refractivity contribution in [3.05, 3.63) is 29.3 Å². The van der Waals surface area contributed by atoms with Crippen molar-refractivity contribution in [2.75, 3.05) is 53.8 Å². The van der Waals surface area contributed by atoms with E-state index in [1.54, 1.807) is 7.11 Å². The van der Waals surface area contributed by atoms with Crippen molar-refractivity contribution in [1.29, 1.82) is 0 Å². The second-order valence-corrected chi connectivity index (χ2v) is 4.71. The first-order valence-corrected chi connectivity index (χ1v) is 7.29. The van der Waals surface area contributed by atoms with Crippen LogP contribution < -0.4 is 10.1 Å². The molecule has 0 spiro atoms. The summed E-state index contributed by atoms with van der Waals surface area (Å²) in [5.74, 6) is 0.912. The Kier molecular flexibility index (Phi) is 9.82. The maximum atomic E-state index is 5.76. The zero-order valence-electron chi connectivity index (χ0n) is 13.3. The molecule has 0 aliphatic heterocycles. The maximum Gasteiger partial charge on any atom is 0.123 e. The van der Waals surface area contributed by atoms with Crippen molar-refractivity contribution in [3.8, 4) is 5.75 Å². The summed E-state index contributed by atoms with van der Waals surface area (Å²) in [7, 11) is 3.59. The fourth-order valence-electron chi connectivity index (χ4n) is 1.85. The molecule has 0 aromatic heterocycles. The van der Waals surface area contributed by atoms with Gasteiger partial charge in [0, 0.05) is 19.2 Å². The summed E-state index contributed by atoms with van der Waals surface area (Å²) >= 11 is 0. The molecule has 0 heterocycles. The molecule has 0 saturated heterocycles. The fraction of sp³-hybridized carbons (Fsp3) is 0.625. The van der Waals surface area contributed by atoms with Gasteiger partial charge in [-0.25, -0.2) is 0 Å². The minimum atomic E-state index is 0.540. The number of rotatable bonds is 12. The normalized spacial score (nSPS) is 10.8. The standard InChI is InChI=1S/C16H27NO4/c1-14-4-5-16(15(12-14)13-17-2)21-11-10-20-9-8-19-7-6-18-3/h4-5,12,17H,6-11,13H2,1-3H3. The molecule has 5 heteroatoms. The molecule has 1 N–H and O–H groups in total. The van der Waals surface area contributed by atoms with Gasteiger partial charge in [-0.3, -0.25) is 0 Å². The zero-order chi connectivity index (χ0) is 15.3. The highest BCUT2D eigenvalue weighted by molar-refractivity contribution is 5.36. The van der Waals surface area contributed by atoms with E-state index in [0.29, 0.717) is 39.6 Å². The van der Waals surface area contributed by atoms with Crippen LogP contribution >= 0.6 is 0 Å². The summed E-state index contributed by atoms with van der Waals surface area (Å²) in [6, 6.07) is 6.20.